The van der Waals surface area contributed by atoms with Crippen molar-refractivity contribution in [1.29, 1.82) is 0 Å². The summed E-state index contributed by atoms with van der Waals surface area (Å²) in [6, 6.07) is 48.0. The molecule has 6 heterocycles. The number of imidazole rings is 1. The van der Waals surface area contributed by atoms with Crippen LogP contribution in [-0.2, 0) is 109 Å². The highest BCUT2D eigenvalue weighted by Gasteiger charge is 2.47. The van der Waals surface area contributed by atoms with Gasteiger partial charge in [0.1, 0.15) is 59.5 Å². The number of carbonyl (C=O) groups excluding carboxylic acids is 11. The normalized spacial score (nSPS) is 16.6. The highest BCUT2D eigenvalue weighted by Crippen LogP contribution is 2.42. The summed E-state index contributed by atoms with van der Waals surface area (Å²) in [5.41, 5.74) is 11.5. The largest absolute Gasteiger partial charge is 0.481 e. The number of benzene rings is 7. The van der Waals surface area contributed by atoms with E-state index < -0.39 is 169 Å². The summed E-state index contributed by atoms with van der Waals surface area (Å²) >= 11 is 6.72. The van der Waals surface area contributed by atoms with Gasteiger partial charge >= 0.3 is 11.9 Å². The fraction of sp³-hybridized carbons (Fsp3) is 0.408. The van der Waals surface area contributed by atoms with Crippen LogP contribution >= 0.6 is 11.6 Å². The average molecular weight is 1860 g/mol. The van der Waals surface area contributed by atoms with E-state index in [2.05, 4.69) is 31.2 Å². The summed E-state index contributed by atoms with van der Waals surface area (Å²) < 4.78 is 20.3. The molecule has 0 aliphatic carbocycles. The van der Waals surface area contributed by atoms with Crippen LogP contribution in [0.2, 0.25) is 5.02 Å². The van der Waals surface area contributed by atoms with Gasteiger partial charge in [0.15, 0.2) is 6.29 Å². The molecule has 0 spiro atoms. The fourth-order valence-electron chi connectivity index (χ4n) is 18.5. The second kappa shape index (κ2) is 46.1. The van der Waals surface area contributed by atoms with Gasteiger partial charge in [0, 0.05) is 112 Å². The Bertz CT molecular complexity index is 5690. The maximum Gasteiger partial charge on any atom is 0.329 e. The molecule has 135 heavy (non-hydrogen) atoms. The Kier molecular flexibility index (Phi) is 33.8. The first-order valence-electron chi connectivity index (χ1n) is 46.5. The van der Waals surface area contributed by atoms with Gasteiger partial charge < -0.3 is 90.3 Å². The molecule has 13 rings (SSSR count). The van der Waals surface area contributed by atoms with Crippen molar-refractivity contribution < 1.29 is 76.9 Å². The number of unbranched alkanes of at least 4 members (excludes halogenated alkanes) is 1. The Morgan fingerprint density at radius 3 is 1.73 bits per heavy atom. The van der Waals surface area contributed by atoms with Crippen molar-refractivity contribution in [2.24, 2.45) is 5.73 Å². The molecule has 3 fully saturated rings. The van der Waals surface area contributed by atoms with Crippen LogP contribution in [0, 0.1) is 0 Å². The molecule has 0 bridgehead atoms. The van der Waals surface area contributed by atoms with E-state index in [1.807, 2.05) is 157 Å². The quantitative estimate of drug-likeness (QED) is 0.0130. The van der Waals surface area contributed by atoms with Gasteiger partial charge in [0.25, 0.3) is 0 Å². The predicted octanol–water partition coefficient (Wildman–Crippen LogP) is 9.90. The molecular formula is C103H122ClN15O16. The van der Waals surface area contributed by atoms with Gasteiger partial charge in [-0.2, -0.15) is 0 Å². The molecule has 10 aromatic rings. The minimum atomic E-state index is -1.67. The Morgan fingerprint density at radius 1 is 0.578 bits per heavy atom. The third kappa shape index (κ3) is 24.2. The minimum absolute atomic E-state index is 0.0191. The molecule has 10 amide bonds. The summed E-state index contributed by atoms with van der Waals surface area (Å²) in [4.78, 5) is 199. The number of nitrogens with two attached hydrogens (primary N) is 1. The molecular weight excluding hydrogens is 1740 g/mol. The Labute approximate surface area is 790 Å². The number of likely N-dealkylation sites (N-methyl/N-ethyl adjacent to an activating group) is 3. The van der Waals surface area contributed by atoms with Gasteiger partial charge in [-0.3, -0.25) is 52.7 Å². The van der Waals surface area contributed by atoms with Gasteiger partial charge in [-0.05, 0) is 141 Å². The molecule has 3 aromatic heterocycles. The zero-order valence-electron chi connectivity index (χ0n) is 77.4. The lowest BCUT2D eigenvalue weighted by Crippen LogP contribution is -2.60. The molecule has 2 unspecified atom stereocenters. The van der Waals surface area contributed by atoms with Crippen LogP contribution in [0.4, 0.5) is 0 Å². The summed E-state index contributed by atoms with van der Waals surface area (Å²) in [5, 5.41) is 23.6. The maximum absolute atomic E-state index is 16.4. The molecule has 9 N–H and O–H groups in total. The molecule has 31 nitrogen and oxygen atoms in total. The maximum atomic E-state index is 16.4. The molecule has 3 saturated heterocycles. The number of carbonyl (C=O) groups is 12. The lowest BCUT2D eigenvalue weighted by Gasteiger charge is -2.37. The number of fused-ring (bicyclic) bond motifs is 2. The van der Waals surface area contributed by atoms with Crippen LogP contribution in [-0.4, -0.2) is 253 Å². The number of carboxylic acid groups (broad SMARTS) is 1. The van der Waals surface area contributed by atoms with Crippen molar-refractivity contribution in [3.05, 3.63) is 269 Å². The second-order valence-electron chi connectivity index (χ2n) is 35.6. The number of hydrogen-bond acceptors (Lipinski definition) is 17. The number of nitrogens with one attached hydrogen (secondary N) is 6. The number of ether oxygens (including phenoxy) is 3. The van der Waals surface area contributed by atoms with E-state index in [9.17, 15) is 33.9 Å². The number of rotatable bonds is 43. The predicted molar refractivity (Wildman–Crippen MR) is 509 cm³/mol. The number of carboxylic acids is 1. The van der Waals surface area contributed by atoms with Crippen LogP contribution in [0.25, 0.3) is 21.8 Å². The molecule has 0 radical (unpaired) electrons. The van der Waals surface area contributed by atoms with Crippen LogP contribution < -0.4 is 27.0 Å². The summed E-state index contributed by atoms with van der Waals surface area (Å²) in [6.07, 6.45) is 9.48. The van der Waals surface area contributed by atoms with Crippen molar-refractivity contribution in [3.63, 3.8) is 0 Å². The molecule has 32 heteroatoms. The van der Waals surface area contributed by atoms with Gasteiger partial charge in [-0.1, -0.05) is 208 Å². The Balaban J connectivity index is 0.788. The number of esters is 1. The zero-order valence-corrected chi connectivity index (χ0v) is 78.2. The first-order chi connectivity index (χ1) is 65.0. The zero-order chi connectivity index (χ0) is 96.0. The molecule has 7 aromatic carbocycles. The number of nitrogens with zero attached hydrogens (tertiary/aromatic N) is 8. The number of hydrogen-bond donors (Lipinski definition) is 8. The van der Waals surface area contributed by atoms with Gasteiger partial charge in [0.05, 0.1) is 44.2 Å². The third-order valence-corrected chi connectivity index (χ3v) is 26.0. The van der Waals surface area contributed by atoms with E-state index in [0.29, 0.717) is 66.1 Å². The highest BCUT2D eigenvalue weighted by molar-refractivity contribution is 6.30. The van der Waals surface area contributed by atoms with Crippen molar-refractivity contribution in [3.8, 4) is 0 Å². The molecule has 712 valence electrons. The average Bonchev–Trinajstić information content (AvgIpc) is 1.72. The fourth-order valence-corrected chi connectivity index (χ4v) is 18.7. The number of para-hydroxylation sites is 2. The first kappa shape index (κ1) is 99.1. The smallest absolute Gasteiger partial charge is 0.329 e. The monoisotopic (exact) mass is 1860 g/mol. The first-order valence-corrected chi connectivity index (χ1v) is 46.8. The van der Waals surface area contributed by atoms with E-state index in [4.69, 9.17) is 36.5 Å². The highest BCUT2D eigenvalue weighted by atomic mass is 35.5. The molecule has 10 atom stereocenters. The summed E-state index contributed by atoms with van der Waals surface area (Å²) in [5.74, 6) is -9.65. The number of H-pyrrole nitrogens is 2. The van der Waals surface area contributed by atoms with Gasteiger partial charge in [0.2, 0.25) is 59.1 Å². The van der Waals surface area contributed by atoms with Crippen LogP contribution in [0.1, 0.15) is 149 Å². The van der Waals surface area contributed by atoms with Crippen LogP contribution in [0.3, 0.4) is 0 Å². The van der Waals surface area contributed by atoms with Crippen molar-refractivity contribution in [2.45, 2.75) is 202 Å². The topological polar surface area (TPSA) is 396 Å². The van der Waals surface area contributed by atoms with Crippen molar-refractivity contribution in [1.82, 2.24) is 70.2 Å². The standard InChI is InChI=1S/C103H122ClN15O16/c1-8-10-44-81(109-93(124)78(105)56-68-60-106-79-45-25-23-42-76(68)79)94(125)110-82(57-69-61-107-80-46-26-24-43-77(69)80)95(126)112-84(65-134-92-49-27-28-53-133-92)97(128)116(50-9-2)64-89(120)114(6)87(55-67-32-29-41-74(104)54-67)100(131)115(7)88(58-75-62-117(66-108-75)103(71-35-17-12-18-36-71,72-37-19-13-20-38-72)73-39-21-14-22-40-73)99(130)113(5)63-90(121)118-51-30-47-85(118)96(127)111-83(59-91(122)123)98(129)119-52-31-48-86(119)101(132)135-102(3,4)70-33-15-11-16-34-70/h11-26,29,32-43,45-46,54,60-62,66,78,81-88,92,106-107H,8-10,27-28,30-31,44,47-53,55-59,63-65,105H2,1-7H3,(H,109,124)(H,110,125)(H,111,127)(H,112,126)(H,122,123)/t78?,81-,82-,83-,84-,85-,86-,87-,88-,92?/m0/s1. The number of halogens is 1. The molecule has 0 saturated carbocycles. The van der Waals surface area contributed by atoms with E-state index in [1.54, 1.807) is 94.2 Å². The van der Waals surface area contributed by atoms with Crippen molar-refractivity contribution in [2.75, 3.05) is 67.1 Å². The Morgan fingerprint density at radius 2 is 1.14 bits per heavy atom. The van der Waals surface area contributed by atoms with E-state index in [1.165, 1.54) is 45.6 Å². The number of amides is 10. The van der Waals surface area contributed by atoms with Crippen LogP contribution in [0.15, 0.2) is 219 Å². The van der Waals surface area contributed by atoms with Gasteiger partial charge in [-0.25, -0.2) is 9.78 Å². The van der Waals surface area contributed by atoms with E-state index in [-0.39, 0.29) is 71.0 Å². The number of aromatic amines is 2. The van der Waals surface area contributed by atoms with Crippen molar-refractivity contribution >= 4 is 104 Å². The number of likely N-dealkylation sites (tertiary alicyclic amines) is 2. The Hall–Kier alpha value is -13.4. The summed E-state index contributed by atoms with van der Waals surface area (Å²) in [6.45, 7) is 5.76. The number of aliphatic carboxylic acids is 1. The molecule has 3 aliphatic rings. The number of aromatic nitrogens is 4. The second-order valence-corrected chi connectivity index (χ2v) is 36.1. The van der Waals surface area contributed by atoms with E-state index in [0.717, 1.165) is 61.8 Å². The minimum Gasteiger partial charge on any atom is -0.481 e. The third-order valence-electron chi connectivity index (χ3n) is 25.8. The lowest BCUT2D eigenvalue weighted by atomic mass is 9.77. The molecule has 3 aliphatic heterocycles. The SMILES string of the molecule is CCCC[C@H](NC(=O)C(N)Cc1c[nH]c2ccccc12)C(=O)N[C@@H](Cc1c[nH]c2ccccc12)C(=O)N[C@@H](COC1CCCCO1)C(=O)N(CCC)CC(=O)N(C)[C@@H](Cc1cccc(Cl)c1)C(=O)N(C)[C@@H](Cc1cn(C(c2ccccc2)(c2ccccc2)c2ccccc2)cn1)C(=O)N(C)CC(=O)N1CCC[C@H]1C(=O)N[C@@H](CC(=O)O)C(=O)N1CCC[C@H]1C(=O)OC(C)(C)c1ccccc1. The summed E-state index contributed by atoms with van der Waals surface area (Å²) in [7, 11) is 4.19. The van der Waals surface area contributed by atoms with E-state index >= 15 is 28.8 Å². The van der Waals surface area contributed by atoms with Gasteiger partial charge in [-0.15, -0.1) is 0 Å². The van der Waals surface area contributed by atoms with Crippen LogP contribution in [0.5, 0.6) is 0 Å². The lowest BCUT2D eigenvalue weighted by molar-refractivity contribution is -0.171.